The van der Waals surface area contributed by atoms with Crippen LogP contribution >= 0.6 is 0 Å². The molecule has 0 unspecified atom stereocenters. The zero-order chi connectivity index (χ0) is 13.7. The Bertz CT molecular complexity index is 435. The van der Waals surface area contributed by atoms with Gasteiger partial charge in [-0.15, -0.1) is 0 Å². The summed E-state index contributed by atoms with van der Waals surface area (Å²) in [4.78, 5) is 22.3. The van der Waals surface area contributed by atoms with Crippen molar-refractivity contribution in [2.75, 3.05) is 26.2 Å². The van der Waals surface area contributed by atoms with Gasteiger partial charge in [0.25, 0.3) is 5.91 Å². The first-order valence-corrected chi connectivity index (χ1v) is 6.94. The molecule has 2 rings (SSSR count). The molecule has 0 radical (unpaired) electrons. The average Bonchev–Trinajstić information content (AvgIpc) is 2.39. The average molecular weight is 262 g/mol. The predicted molar refractivity (Wildman–Crippen MR) is 73.9 cm³/mol. The second-order valence-corrected chi connectivity index (χ2v) is 5.33. The van der Waals surface area contributed by atoms with Gasteiger partial charge in [-0.3, -0.25) is 4.79 Å². The van der Waals surface area contributed by atoms with Crippen LogP contribution in [0.5, 0.6) is 0 Å². The molecule has 0 aromatic carbocycles. The van der Waals surface area contributed by atoms with Gasteiger partial charge in [-0.05, 0) is 32.2 Å². The van der Waals surface area contributed by atoms with Crippen LogP contribution in [0.25, 0.3) is 0 Å². The van der Waals surface area contributed by atoms with Crippen molar-refractivity contribution in [2.24, 2.45) is 5.92 Å². The Hall–Kier alpha value is -1.49. The monoisotopic (exact) mass is 262 g/mol. The number of aryl methyl sites for hydroxylation is 1. The number of nitrogens with one attached hydrogen (secondary N) is 1. The van der Waals surface area contributed by atoms with Gasteiger partial charge in [0, 0.05) is 25.8 Å². The Morgan fingerprint density at radius 2 is 2.42 bits per heavy atom. The smallest absolute Gasteiger partial charge is 0.254 e. The minimum Gasteiger partial charge on any atom is -0.351 e. The van der Waals surface area contributed by atoms with Crippen LogP contribution in [0.3, 0.4) is 0 Å². The lowest BCUT2D eigenvalue weighted by molar-refractivity contribution is 0.0942. The maximum absolute atomic E-state index is 12.0. The van der Waals surface area contributed by atoms with Crippen molar-refractivity contribution in [1.82, 2.24) is 20.2 Å². The van der Waals surface area contributed by atoms with Gasteiger partial charge in [0.05, 0.1) is 11.3 Å². The third-order valence-electron chi connectivity index (χ3n) is 3.61. The van der Waals surface area contributed by atoms with Gasteiger partial charge in [0.15, 0.2) is 0 Å². The maximum atomic E-state index is 12.0. The van der Waals surface area contributed by atoms with Gasteiger partial charge in [-0.2, -0.15) is 0 Å². The number of amides is 1. The van der Waals surface area contributed by atoms with Crippen LogP contribution in [0.1, 0.15) is 35.8 Å². The number of nitrogens with zero attached hydrogens (tertiary/aromatic N) is 3. The molecule has 2 heterocycles. The molecule has 1 aromatic rings. The van der Waals surface area contributed by atoms with Gasteiger partial charge in [-0.1, -0.05) is 6.92 Å². The molecule has 1 atom stereocenters. The lowest BCUT2D eigenvalue weighted by Crippen LogP contribution is -2.40. The van der Waals surface area contributed by atoms with Gasteiger partial charge >= 0.3 is 0 Å². The zero-order valence-corrected chi connectivity index (χ0v) is 11.7. The van der Waals surface area contributed by atoms with Crippen LogP contribution < -0.4 is 5.32 Å². The topological polar surface area (TPSA) is 58.1 Å². The number of carbonyl (C=O) groups excluding carboxylic acids is 1. The zero-order valence-electron chi connectivity index (χ0n) is 11.7. The number of aromatic nitrogens is 2. The SMILES string of the molecule is Cc1ncncc1C(=O)NCCN1CCC[C@H](C)C1. The first-order chi connectivity index (χ1) is 9.16. The molecule has 104 valence electrons. The molecule has 1 N–H and O–H groups in total. The van der Waals surface area contributed by atoms with E-state index in [1.165, 1.54) is 19.2 Å². The van der Waals surface area contributed by atoms with E-state index in [1.54, 1.807) is 6.20 Å². The summed E-state index contributed by atoms with van der Waals surface area (Å²) in [6.45, 7) is 8.00. The highest BCUT2D eigenvalue weighted by Gasteiger charge is 2.16. The van der Waals surface area contributed by atoms with Gasteiger partial charge in [0.2, 0.25) is 0 Å². The van der Waals surface area contributed by atoms with Gasteiger partial charge in [0.1, 0.15) is 6.33 Å². The molecule has 1 aromatic heterocycles. The van der Waals surface area contributed by atoms with E-state index in [0.717, 1.165) is 31.2 Å². The van der Waals surface area contributed by atoms with Crippen LogP contribution in [-0.4, -0.2) is 47.0 Å². The fourth-order valence-electron chi connectivity index (χ4n) is 2.53. The summed E-state index contributed by atoms with van der Waals surface area (Å²) in [5, 5.41) is 2.94. The Labute approximate surface area is 114 Å². The predicted octanol–water partition coefficient (Wildman–Crippen LogP) is 1.25. The highest BCUT2D eigenvalue weighted by molar-refractivity contribution is 5.94. The minimum absolute atomic E-state index is 0.0804. The van der Waals surface area contributed by atoms with Crippen molar-refractivity contribution in [3.05, 3.63) is 23.8 Å². The number of piperidine rings is 1. The van der Waals surface area contributed by atoms with Crippen LogP contribution in [0, 0.1) is 12.8 Å². The molecule has 1 amide bonds. The van der Waals surface area contributed by atoms with Crippen LogP contribution in [-0.2, 0) is 0 Å². The van der Waals surface area contributed by atoms with Crippen molar-refractivity contribution in [3.63, 3.8) is 0 Å². The molecule has 19 heavy (non-hydrogen) atoms. The van der Waals surface area contributed by atoms with E-state index in [2.05, 4.69) is 27.1 Å². The van der Waals surface area contributed by atoms with Crippen LogP contribution in [0.4, 0.5) is 0 Å². The van der Waals surface area contributed by atoms with E-state index < -0.39 is 0 Å². The van der Waals surface area contributed by atoms with Crippen molar-refractivity contribution in [2.45, 2.75) is 26.7 Å². The van der Waals surface area contributed by atoms with Gasteiger partial charge < -0.3 is 10.2 Å². The van der Waals surface area contributed by atoms with Crippen molar-refractivity contribution >= 4 is 5.91 Å². The molecule has 5 heteroatoms. The quantitative estimate of drug-likeness (QED) is 0.887. The summed E-state index contributed by atoms with van der Waals surface area (Å²) >= 11 is 0. The molecule has 1 aliphatic heterocycles. The molecule has 5 nitrogen and oxygen atoms in total. The number of carbonyl (C=O) groups is 1. The van der Waals surface area contributed by atoms with Crippen molar-refractivity contribution in [1.29, 1.82) is 0 Å². The Morgan fingerprint density at radius 3 is 3.16 bits per heavy atom. The van der Waals surface area contributed by atoms with Crippen molar-refractivity contribution in [3.8, 4) is 0 Å². The normalized spacial score (nSPS) is 20.2. The molecule has 1 aliphatic rings. The second-order valence-electron chi connectivity index (χ2n) is 5.33. The van der Waals surface area contributed by atoms with Gasteiger partial charge in [-0.25, -0.2) is 9.97 Å². The fourth-order valence-corrected chi connectivity index (χ4v) is 2.53. The lowest BCUT2D eigenvalue weighted by Gasteiger charge is -2.30. The molecule has 0 spiro atoms. The van der Waals surface area contributed by atoms with E-state index in [0.29, 0.717) is 12.1 Å². The van der Waals surface area contributed by atoms with E-state index in [1.807, 2.05) is 6.92 Å². The molecule has 1 fully saturated rings. The molecule has 0 saturated carbocycles. The third-order valence-corrected chi connectivity index (χ3v) is 3.61. The Balaban J connectivity index is 1.76. The van der Waals surface area contributed by atoms with Crippen molar-refractivity contribution < 1.29 is 4.79 Å². The van der Waals surface area contributed by atoms with E-state index in [-0.39, 0.29) is 5.91 Å². The first kappa shape index (κ1) is 13.9. The molecular formula is C14H22N4O. The number of likely N-dealkylation sites (tertiary alicyclic amines) is 1. The van der Waals surface area contributed by atoms with E-state index in [4.69, 9.17) is 0 Å². The number of rotatable bonds is 4. The highest BCUT2D eigenvalue weighted by Crippen LogP contribution is 2.14. The molecular weight excluding hydrogens is 240 g/mol. The summed E-state index contributed by atoms with van der Waals surface area (Å²) in [6, 6.07) is 0. The summed E-state index contributed by atoms with van der Waals surface area (Å²) in [7, 11) is 0. The Morgan fingerprint density at radius 1 is 1.58 bits per heavy atom. The number of hydrogen-bond acceptors (Lipinski definition) is 4. The summed E-state index contributed by atoms with van der Waals surface area (Å²) in [5.41, 5.74) is 1.29. The minimum atomic E-state index is -0.0804. The molecule has 1 saturated heterocycles. The molecule has 0 bridgehead atoms. The Kier molecular flexibility index (Phi) is 4.85. The number of hydrogen-bond donors (Lipinski definition) is 1. The lowest BCUT2D eigenvalue weighted by atomic mass is 10.0. The summed E-state index contributed by atoms with van der Waals surface area (Å²) in [6.07, 6.45) is 5.62. The van der Waals surface area contributed by atoms with Crippen LogP contribution in [0.15, 0.2) is 12.5 Å². The standard InChI is InChI=1S/C14H22N4O/c1-11-4-3-6-18(9-11)7-5-16-14(19)13-8-15-10-17-12(13)2/h8,10-11H,3-7,9H2,1-2H3,(H,16,19)/t11-/m0/s1. The highest BCUT2D eigenvalue weighted by atomic mass is 16.1. The fraction of sp³-hybridized carbons (Fsp3) is 0.643. The van der Waals surface area contributed by atoms with E-state index in [9.17, 15) is 4.79 Å². The molecule has 0 aliphatic carbocycles. The third kappa shape index (κ3) is 3.99. The van der Waals surface area contributed by atoms with Crippen LogP contribution in [0.2, 0.25) is 0 Å². The summed E-state index contributed by atoms with van der Waals surface area (Å²) < 4.78 is 0. The van der Waals surface area contributed by atoms with E-state index >= 15 is 0 Å². The maximum Gasteiger partial charge on any atom is 0.254 e. The first-order valence-electron chi connectivity index (χ1n) is 6.94. The summed E-state index contributed by atoms with van der Waals surface area (Å²) in [5.74, 6) is 0.692. The second kappa shape index (κ2) is 6.61. The largest absolute Gasteiger partial charge is 0.351 e.